The molecule has 0 unspecified atom stereocenters. The van der Waals surface area contributed by atoms with Crippen LogP contribution in [0.5, 0.6) is 0 Å². The van der Waals surface area contributed by atoms with Gasteiger partial charge in [-0.05, 0) is 42.9 Å². The fourth-order valence-corrected chi connectivity index (χ4v) is 3.00. The van der Waals surface area contributed by atoms with Crippen molar-refractivity contribution in [1.82, 2.24) is 0 Å². The quantitative estimate of drug-likeness (QED) is 0.913. The first-order valence-electron chi connectivity index (χ1n) is 6.77. The highest BCUT2D eigenvalue weighted by Gasteiger charge is 2.23. The second-order valence-electron chi connectivity index (χ2n) is 5.54. The Morgan fingerprint density at radius 3 is 2.47 bits per heavy atom. The summed E-state index contributed by atoms with van der Waals surface area (Å²) in [5.74, 6) is 0.576. The SMILES string of the molecule is CC(C)C1CCN(c2ccc(C(=O)O)cc2Cl)CC1. The van der Waals surface area contributed by atoms with E-state index in [1.807, 2.05) is 6.07 Å². The fraction of sp³-hybridized carbons (Fsp3) is 0.533. The Hall–Kier alpha value is -1.22. The van der Waals surface area contributed by atoms with E-state index in [2.05, 4.69) is 18.7 Å². The zero-order valence-electron chi connectivity index (χ0n) is 11.4. The Balaban J connectivity index is 2.09. The summed E-state index contributed by atoms with van der Waals surface area (Å²) in [7, 11) is 0. The second kappa shape index (κ2) is 5.83. The Bertz CT molecular complexity index is 465. The highest BCUT2D eigenvalue weighted by molar-refractivity contribution is 6.33. The van der Waals surface area contributed by atoms with E-state index in [0.29, 0.717) is 5.02 Å². The second-order valence-corrected chi connectivity index (χ2v) is 5.95. The van der Waals surface area contributed by atoms with Crippen molar-refractivity contribution in [1.29, 1.82) is 0 Å². The van der Waals surface area contributed by atoms with Crippen molar-refractivity contribution in [3.63, 3.8) is 0 Å². The number of piperidine rings is 1. The van der Waals surface area contributed by atoms with Gasteiger partial charge in [0.2, 0.25) is 0 Å². The predicted molar refractivity (Wildman–Crippen MR) is 78.2 cm³/mol. The van der Waals surface area contributed by atoms with Gasteiger partial charge >= 0.3 is 5.97 Å². The molecule has 1 aromatic rings. The van der Waals surface area contributed by atoms with Gasteiger partial charge in [-0.1, -0.05) is 25.4 Å². The average molecular weight is 282 g/mol. The average Bonchev–Trinajstić information content (AvgIpc) is 2.38. The number of carboxylic acid groups (broad SMARTS) is 1. The number of hydrogen-bond donors (Lipinski definition) is 1. The number of rotatable bonds is 3. The summed E-state index contributed by atoms with van der Waals surface area (Å²) in [5.41, 5.74) is 1.19. The third-order valence-electron chi connectivity index (χ3n) is 4.02. The standard InChI is InChI=1S/C15H20ClNO2/c1-10(2)11-5-7-17(8-6-11)14-4-3-12(15(18)19)9-13(14)16/h3-4,9-11H,5-8H2,1-2H3,(H,18,19). The molecule has 3 nitrogen and oxygen atoms in total. The first-order chi connectivity index (χ1) is 8.99. The van der Waals surface area contributed by atoms with E-state index >= 15 is 0 Å². The lowest BCUT2D eigenvalue weighted by Gasteiger charge is -2.35. The van der Waals surface area contributed by atoms with Crippen LogP contribution in [-0.4, -0.2) is 24.2 Å². The summed E-state index contributed by atoms with van der Waals surface area (Å²) in [5, 5.41) is 9.46. The zero-order valence-corrected chi connectivity index (χ0v) is 12.2. The summed E-state index contributed by atoms with van der Waals surface area (Å²) in [6, 6.07) is 4.98. The van der Waals surface area contributed by atoms with Crippen LogP contribution in [0.3, 0.4) is 0 Å². The number of nitrogens with zero attached hydrogens (tertiary/aromatic N) is 1. The van der Waals surface area contributed by atoms with Gasteiger partial charge in [-0.15, -0.1) is 0 Å². The molecule has 0 atom stereocenters. The van der Waals surface area contributed by atoms with Gasteiger partial charge in [0.05, 0.1) is 16.3 Å². The van der Waals surface area contributed by atoms with Crippen LogP contribution >= 0.6 is 11.6 Å². The van der Waals surface area contributed by atoms with Crippen LogP contribution < -0.4 is 4.90 Å². The molecule has 0 radical (unpaired) electrons. The van der Waals surface area contributed by atoms with E-state index in [4.69, 9.17) is 16.7 Å². The lowest BCUT2D eigenvalue weighted by atomic mass is 9.86. The largest absolute Gasteiger partial charge is 0.478 e. The van der Waals surface area contributed by atoms with E-state index < -0.39 is 5.97 Å². The number of halogens is 1. The highest BCUT2D eigenvalue weighted by atomic mass is 35.5. The molecule has 4 heteroatoms. The maximum Gasteiger partial charge on any atom is 0.335 e. The molecule has 1 heterocycles. The molecular weight excluding hydrogens is 262 g/mol. The van der Waals surface area contributed by atoms with E-state index in [-0.39, 0.29) is 5.56 Å². The maximum atomic E-state index is 10.9. The third-order valence-corrected chi connectivity index (χ3v) is 4.32. The monoisotopic (exact) mass is 281 g/mol. The number of hydrogen-bond acceptors (Lipinski definition) is 2. The zero-order chi connectivity index (χ0) is 14.0. The molecule has 0 bridgehead atoms. The lowest BCUT2D eigenvalue weighted by Crippen LogP contribution is -2.35. The van der Waals surface area contributed by atoms with E-state index in [1.165, 1.54) is 18.9 Å². The lowest BCUT2D eigenvalue weighted by molar-refractivity contribution is 0.0697. The number of carbonyl (C=O) groups is 1. The number of aromatic carboxylic acids is 1. The minimum Gasteiger partial charge on any atom is -0.478 e. The topological polar surface area (TPSA) is 40.5 Å². The van der Waals surface area contributed by atoms with Crippen molar-refractivity contribution in [2.75, 3.05) is 18.0 Å². The van der Waals surface area contributed by atoms with E-state index in [9.17, 15) is 4.79 Å². The van der Waals surface area contributed by atoms with Gasteiger partial charge in [-0.25, -0.2) is 4.79 Å². The van der Waals surface area contributed by atoms with Crippen molar-refractivity contribution in [2.45, 2.75) is 26.7 Å². The van der Waals surface area contributed by atoms with Crippen LogP contribution in [0.25, 0.3) is 0 Å². The van der Waals surface area contributed by atoms with Crippen LogP contribution in [0, 0.1) is 11.8 Å². The molecule has 1 aliphatic rings. The summed E-state index contributed by atoms with van der Waals surface area (Å²) in [6.45, 7) is 6.54. The van der Waals surface area contributed by atoms with Crippen molar-refractivity contribution in [2.24, 2.45) is 11.8 Å². The molecule has 104 valence electrons. The van der Waals surface area contributed by atoms with Gasteiger partial charge in [0, 0.05) is 13.1 Å². The van der Waals surface area contributed by atoms with Gasteiger partial charge in [0.25, 0.3) is 0 Å². The van der Waals surface area contributed by atoms with E-state index in [1.54, 1.807) is 6.07 Å². The number of anilines is 1. The molecule has 0 amide bonds. The molecule has 0 aliphatic carbocycles. The van der Waals surface area contributed by atoms with E-state index in [0.717, 1.165) is 30.6 Å². The summed E-state index contributed by atoms with van der Waals surface area (Å²) in [6.07, 6.45) is 2.35. The minimum absolute atomic E-state index is 0.241. The van der Waals surface area contributed by atoms with Crippen LogP contribution in [0.4, 0.5) is 5.69 Å². The normalized spacial score (nSPS) is 16.9. The predicted octanol–water partition coefficient (Wildman–Crippen LogP) is 3.91. The molecule has 1 aliphatic heterocycles. The molecule has 0 saturated carbocycles. The van der Waals surface area contributed by atoms with Crippen LogP contribution in [0.1, 0.15) is 37.0 Å². The smallest absolute Gasteiger partial charge is 0.335 e. The molecule has 1 saturated heterocycles. The van der Waals surface area contributed by atoms with Crippen molar-refractivity contribution < 1.29 is 9.90 Å². The molecule has 1 N–H and O–H groups in total. The Kier molecular flexibility index (Phi) is 4.35. The molecule has 0 spiro atoms. The van der Waals surface area contributed by atoms with Crippen molar-refractivity contribution in [3.8, 4) is 0 Å². The summed E-state index contributed by atoms with van der Waals surface area (Å²) in [4.78, 5) is 13.1. The molecule has 19 heavy (non-hydrogen) atoms. The molecule has 2 rings (SSSR count). The summed E-state index contributed by atoms with van der Waals surface area (Å²) < 4.78 is 0. The van der Waals surface area contributed by atoms with Crippen LogP contribution in [0.15, 0.2) is 18.2 Å². The first kappa shape index (κ1) is 14.2. The van der Waals surface area contributed by atoms with Crippen LogP contribution in [-0.2, 0) is 0 Å². The van der Waals surface area contributed by atoms with Gasteiger partial charge in [0.15, 0.2) is 0 Å². The van der Waals surface area contributed by atoms with Crippen LogP contribution in [0.2, 0.25) is 5.02 Å². The van der Waals surface area contributed by atoms with Gasteiger partial charge in [-0.2, -0.15) is 0 Å². The van der Waals surface area contributed by atoms with Crippen molar-refractivity contribution >= 4 is 23.3 Å². The Morgan fingerprint density at radius 1 is 1.37 bits per heavy atom. The van der Waals surface area contributed by atoms with Gasteiger partial charge in [0.1, 0.15) is 0 Å². The third kappa shape index (κ3) is 3.21. The Labute approximate surface area is 119 Å². The fourth-order valence-electron chi connectivity index (χ4n) is 2.70. The number of carboxylic acids is 1. The highest BCUT2D eigenvalue weighted by Crippen LogP contribution is 2.32. The molecular formula is C15H20ClNO2. The molecule has 1 fully saturated rings. The molecule has 0 aromatic heterocycles. The Morgan fingerprint density at radius 2 is 2.00 bits per heavy atom. The van der Waals surface area contributed by atoms with Gasteiger partial charge in [-0.3, -0.25) is 0 Å². The van der Waals surface area contributed by atoms with Gasteiger partial charge < -0.3 is 10.0 Å². The molecule has 1 aromatic carbocycles. The summed E-state index contributed by atoms with van der Waals surface area (Å²) >= 11 is 6.20. The maximum absolute atomic E-state index is 10.9. The first-order valence-corrected chi connectivity index (χ1v) is 7.14. The minimum atomic E-state index is -0.938. The van der Waals surface area contributed by atoms with Crippen molar-refractivity contribution in [3.05, 3.63) is 28.8 Å². The number of benzene rings is 1.